The molecule has 29 heavy (non-hydrogen) atoms. The fourth-order valence-electron chi connectivity index (χ4n) is 2.83. The molecule has 0 radical (unpaired) electrons. The highest BCUT2D eigenvalue weighted by atomic mass is 16.5. The number of aromatic nitrogens is 2. The number of aryl methyl sites for hydroxylation is 1. The fourth-order valence-corrected chi connectivity index (χ4v) is 2.83. The lowest BCUT2D eigenvalue weighted by Gasteiger charge is -2.12. The lowest BCUT2D eigenvalue weighted by Crippen LogP contribution is -2.16. The molecule has 0 unspecified atom stereocenters. The lowest BCUT2D eigenvalue weighted by molar-refractivity contribution is 0.306. The van der Waals surface area contributed by atoms with Crippen LogP contribution in [0.1, 0.15) is 17.7 Å². The van der Waals surface area contributed by atoms with Gasteiger partial charge < -0.3 is 20.3 Å². The van der Waals surface area contributed by atoms with Gasteiger partial charge in [0.1, 0.15) is 18.2 Å². The van der Waals surface area contributed by atoms with Crippen LogP contribution in [0, 0.1) is 6.92 Å². The van der Waals surface area contributed by atoms with E-state index in [9.17, 15) is 0 Å². The largest absolute Gasteiger partial charge is 0.489 e. The van der Waals surface area contributed by atoms with E-state index in [4.69, 9.17) is 4.74 Å². The Morgan fingerprint density at radius 1 is 0.966 bits per heavy atom. The molecular weight excluding hydrogens is 362 g/mol. The average molecular weight is 392 g/mol. The molecule has 0 amide bonds. The van der Waals surface area contributed by atoms with Gasteiger partial charge in [-0.2, -0.15) is 4.98 Å². The van der Waals surface area contributed by atoms with E-state index in [0.717, 1.165) is 48.0 Å². The summed E-state index contributed by atoms with van der Waals surface area (Å²) in [5.74, 6) is 2.24. The first kappa shape index (κ1) is 20.6. The maximum Gasteiger partial charge on any atom is 0.229 e. The van der Waals surface area contributed by atoms with Crippen LogP contribution in [0.15, 0.2) is 60.7 Å². The first-order chi connectivity index (χ1) is 14.1. The van der Waals surface area contributed by atoms with Gasteiger partial charge in [-0.05, 0) is 63.8 Å². The summed E-state index contributed by atoms with van der Waals surface area (Å²) in [6.07, 6.45) is 1.06. The minimum absolute atomic E-state index is 0.553. The van der Waals surface area contributed by atoms with Crippen molar-refractivity contribution in [3.05, 3.63) is 71.9 Å². The summed E-state index contributed by atoms with van der Waals surface area (Å²) in [6.45, 7) is 4.44. The van der Waals surface area contributed by atoms with Crippen LogP contribution in [-0.2, 0) is 6.61 Å². The van der Waals surface area contributed by atoms with Gasteiger partial charge in [-0.15, -0.1) is 0 Å². The van der Waals surface area contributed by atoms with E-state index in [0.29, 0.717) is 12.6 Å². The molecule has 6 nitrogen and oxygen atoms in total. The molecule has 0 fully saturated rings. The average Bonchev–Trinajstić information content (AvgIpc) is 2.71. The van der Waals surface area contributed by atoms with Gasteiger partial charge in [0, 0.05) is 24.0 Å². The second-order valence-corrected chi connectivity index (χ2v) is 7.23. The Morgan fingerprint density at radius 3 is 2.45 bits per heavy atom. The molecular formula is C23H29N5O. The Bertz CT molecular complexity index is 882. The summed E-state index contributed by atoms with van der Waals surface area (Å²) in [4.78, 5) is 11.2. The maximum absolute atomic E-state index is 5.83. The van der Waals surface area contributed by atoms with Gasteiger partial charge in [-0.25, -0.2) is 4.98 Å². The number of nitrogens with zero attached hydrogens (tertiary/aromatic N) is 3. The molecule has 0 saturated carbocycles. The molecule has 1 heterocycles. The van der Waals surface area contributed by atoms with Crippen LogP contribution < -0.4 is 15.4 Å². The van der Waals surface area contributed by atoms with Crippen molar-refractivity contribution in [3.63, 3.8) is 0 Å². The number of benzene rings is 2. The minimum Gasteiger partial charge on any atom is -0.489 e. The summed E-state index contributed by atoms with van der Waals surface area (Å²) in [7, 11) is 4.16. The van der Waals surface area contributed by atoms with E-state index in [1.165, 1.54) is 0 Å². The van der Waals surface area contributed by atoms with E-state index in [1.807, 2.05) is 55.5 Å². The predicted molar refractivity (Wildman–Crippen MR) is 119 cm³/mol. The summed E-state index contributed by atoms with van der Waals surface area (Å²) < 4.78 is 5.83. The first-order valence-corrected chi connectivity index (χ1v) is 9.86. The van der Waals surface area contributed by atoms with E-state index in [1.54, 1.807) is 0 Å². The standard InChI is InChI=1S/C23H29N5O/c1-18-16-22(24-14-7-15-28(2)3)27-23(25-18)26-20-10-12-21(13-11-20)29-17-19-8-5-4-6-9-19/h4-6,8-13,16H,7,14-15,17H2,1-3H3,(H2,24,25,26,27). The smallest absolute Gasteiger partial charge is 0.229 e. The Kier molecular flexibility index (Phi) is 7.41. The van der Waals surface area contributed by atoms with Gasteiger partial charge in [0.05, 0.1) is 0 Å². The molecule has 0 spiro atoms. The second-order valence-electron chi connectivity index (χ2n) is 7.23. The van der Waals surface area contributed by atoms with E-state index in [2.05, 4.69) is 51.7 Å². The first-order valence-electron chi connectivity index (χ1n) is 9.86. The Balaban J connectivity index is 1.55. The van der Waals surface area contributed by atoms with Gasteiger partial charge in [-0.1, -0.05) is 30.3 Å². The highest BCUT2D eigenvalue weighted by Gasteiger charge is 2.04. The molecule has 1 aromatic heterocycles. The third-order valence-electron chi connectivity index (χ3n) is 4.30. The van der Waals surface area contributed by atoms with Crippen molar-refractivity contribution >= 4 is 17.5 Å². The number of rotatable bonds is 10. The van der Waals surface area contributed by atoms with E-state index >= 15 is 0 Å². The van der Waals surface area contributed by atoms with Gasteiger partial charge in [0.25, 0.3) is 0 Å². The second kappa shape index (κ2) is 10.4. The van der Waals surface area contributed by atoms with Crippen LogP contribution in [0.4, 0.5) is 17.5 Å². The van der Waals surface area contributed by atoms with Crippen LogP contribution in [0.5, 0.6) is 5.75 Å². The van der Waals surface area contributed by atoms with Crippen LogP contribution in [0.25, 0.3) is 0 Å². The summed E-state index contributed by atoms with van der Waals surface area (Å²) in [5, 5.41) is 6.64. The summed E-state index contributed by atoms with van der Waals surface area (Å²) in [5.41, 5.74) is 2.98. The molecule has 3 aromatic rings. The van der Waals surface area contributed by atoms with Crippen molar-refractivity contribution in [1.82, 2.24) is 14.9 Å². The summed E-state index contributed by atoms with van der Waals surface area (Å²) in [6, 6.07) is 19.9. The molecule has 0 aliphatic rings. The van der Waals surface area contributed by atoms with Crippen LogP contribution in [0.3, 0.4) is 0 Å². The minimum atomic E-state index is 0.553. The number of anilines is 3. The third-order valence-corrected chi connectivity index (χ3v) is 4.30. The zero-order valence-corrected chi connectivity index (χ0v) is 17.4. The topological polar surface area (TPSA) is 62.3 Å². The molecule has 0 aliphatic carbocycles. The van der Waals surface area contributed by atoms with Crippen molar-refractivity contribution in [2.45, 2.75) is 20.0 Å². The van der Waals surface area contributed by atoms with Crippen molar-refractivity contribution in [2.75, 3.05) is 37.8 Å². The molecule has 2 N–H and O–H groups in total. The summed E-state index contributed by atoms with van der Waals surface area (Å²) >= 11 is 0. The molecule has 2 aromatic carbocycles. The number of nitrogens with one attached hydrogen (secondary N) is 2. The zero-order valence-electron chi connectivity index (χ0n) is 17.4. The van der Waals surface area contributed by atoms with Crippen LogP contribution >= 0.6 is 0 Å². The maximum atomic E-state index is 5.83. The SMILES string of the molecule is Cc1cc(NCCCN(C)C)nc(Nc2ccc(OCc3ccccc3)cc2)n1. The molecule has 3 rings (SSSR count). The highest BCUT2D eigenvalue weighted by Crippen LogP contribution is 2.20. The normalized spacial score (nSPS) is 10.8. The number of ether oxygens (including phenoxy) is 1. The van der Waals surface area contributed by atoms with E-state index in [-0.39, 0.29) is 0 Å². The van der Waals surface area contributed by atoms with Gasteiger partial charge >= 0.3 is 0 Å². The highest BCUT2D eigenvalue weighted by molar-refractivity contribution is 5.56. The van der Waals surface area contributed by atoms with Gasteiger partial charge in [-0.3, -0.25) is 0 Å². The lowest BCUT2D eigenvalue weighted by atomic mass is 10.2. The molecule has 0 bridgehead atoms. The molecule has 152 valence electrons. The van der Waals surface area contributed by atoms with Crippen molar-refractivity contribution in [1.29, 1.82) is 0 Å². The Morgan fingerprint density at radius 2 is 1.72 bits per heavy atom. The van der Waals surface area contributed by atoms with Crippen LogP contribution in [-0.4, -0.2) is 42.1 Å². The molecule has 0 saturated heterocycles. The van der Waals surface area contributed by atoms with Crippen molar-refractivity contribution in [2.24, 2.45) is 0 Å². The zero-order chi connectivity index (χ0) is 20.5. The van der Waals surface area contributed by atoms with Crippen LogP contribution in [0.2, 0.25) is 0 Å². The van der Waals surface area contributed by atoms with Gasteiger partial charge in [0.2, 0.25) is 5.95 Å². The monoisotopic (exact) mass is 391 g/mol. The fraction of sp³-hybridized carbons (Fsp3) is 0.304. The van der Waals surface area contributed by atoms with Gasteiger partial charge in [0.15, 0.2) is 0 Å². The molecule has 0 aliphatic heterocycles. The predicted octanol–water partition coefficient (Wildman–Crippen LogP) is 4.47. The molecule has 0 atom stereocenters. The third kappa shape index (κ3) is 7.08. The number of hydrogen-bond donors (Lipinski definition) is 2. The quantitative estimate of drug-likeness (QED) is 0.497. The van der Waals surface area contributed by atoms with Crippen molar-refractivity contribution < 1.29 is 4.74 Å². The Hall–Kier alpha value is -3.12. The van der Waals surface area contributed by atoms with Crippen molar-refractivity contribution in [3.8, 4) is 5.75 Å². The number of hydrogen-bond acceptors (Lipinski definition) is 6. The molecule has 6 heteroatoms. The Labute approximate surface area is 173 Å². The van der Waals surface area contributed by atoms with E-state index < -0.39 is 0 Å².